The van der Waals surface area contributed by atoms with Crippen molar-refractivity contribution in [2.75, 3.05) is 17.7 Å². The first-order valence-electron chi connectivity index (χ1n) is 9.20. The molecule has 30 heavy (non-hydrogen) atoms. The molecule has 0 saturated heterocycles. The fraction of sp³-hybridized carbons (Fsp3) is 0.250. The number of halogens is 2. The van der Waals surface area contributed by atoms with Crippen molar-refractivity contribution in [2.45, 2.75) is 25.2 Å². The standard InChI is InChI=1S/C20H18F2N6O2/c1-30-17-9-13(2-3-16(17)28-29)26-19-23-7-5-18(27-19)25-14-8-12-10-20(21,22)6-4-15(12)24-11-14/h2-3,5,7-9,11H,4,6,10H2,1H3,(H2,23,25,26,27). The normalized spacial score (nSPS) is 14.5. The number of nitrogens with one attached hydrogen (secondary N) is 2. The molecule has 3 aromatic rings. The lowest BCUT2D eigenvalue weighted by Crippen LogP contribution is -2.26. The van der Waals surface area contributed by atoms with Gasteiger partial charge in [0.2, 0.25) is 5.95 Å². The van der Waals surface area contributed by atoms with Crippen molar-refractivity contribution < 1.29 is 13.5 Å². The lowest BCUT2D eigenvalue weighted by atomic mass is 9.93. The molecule has 0 atom stereocenters. The SMILES string of the molecule is COc1cc(Nc2nccc(Nc3cnc4c(c3)CC(F)(F)CC4)n2)ccc1N=O. The van der Waals surface area contributed by atoms with E-state index >= 15 is 0 Å². The van der Waals surface area contributed by atoms with Gasteiger partial charge < -0.3 is 15.4 Å². The number of nitrogens with zero attached hydrogens (tertiary/aromatic N) is 4. The Morgan fingerprint density at radius 2 is 2.00 bits per heavy atom. The van der Waals surface area contributed by atoms with E-state index in [4.69, 9.17) is 4.74 Å². The van der Waals surface area contributed by atoms with Crippen LogP contribution in [0.4, 0.5) is 37.6 Å². The van der Waals surface area contributed by atoms with Gasteiger partial charge in [-0.05, 0) is 41.4 Å². The van der Waals surface area contributed by atoms with E-state index in [0.29, 0.717) is 40.1 Å². The number of aromatic nitrogens is 3. The van der Waals surface area contributed by atoms with Gasteiger partial charge in [0.25, 0.3) is 5.92 Å². The number of hydrogen-bond acceptors (Lipinski definition) is 8. The number of anilines is 4. The van der Waals surface area contributed by atoms with E-state index in [2.05, 4.69) is 30.8 Å². The molecule has 4 rings (SSSR count). The molecule has 154 valence electrons. The molecule has 1 aliphatic rings. The van der Waals surface area contributed by atoms with E-state index in [1.807, 2.05) is 0 Å². The van der Waals surface area contributed by atoms with E-state index in [1.165, 1.54) is 13.2 Å². The number of benzene rings is 1. The van der Waals surface area contributed by atoms with Crippen LogP contribution in [0, 0.1) is 4.91 Å². The molecule has 0 spiro atoms. The van der Waals surface area contributed by atoms with Crippen molar-refractivity contribution in [1.82, 2.24) is 15.0 Å². The molecule has 1 aliphatic carbocycles. The van der Waals surface area contributed by atoms with Crippen LogP contribution in [0.5, 0.6) is 5.75 Å². The Labute approximate surface area is 170 Å². The van der Waals surface area contributed by atoms with E-state index in [9.17, 15) is 13.7 Å². The summed E-state index contributed by atoms with van der Waals surface area (Å²) in [6, 6.07) is 8.11. The van der Waals surface area contributed by atoms with Gasteiger partial charge in [-0.15, -0.1) is 4.91 Å². The largest absolute Gasteiger partial charge is 0.494 e. The summed E-state index contributed by atoms with van der Waals surface area (Å²) in [7, 11) is 1.44. The van der Waals surface area contributed by atoms with Gasteiger partial charge >= 0.3 is 0 Å². The minimum absolute atomic E-state index is 0.171. The van der Waals surface area contributed by atoms with Gasteiger partial charge in [-0.2, -0.15) is 4.98 Å². The molecule has 1 aromatic carbocycles. The maximum atomic E-state index is 13.7. The van der Waals surface area contributed by atoms with Crippen LogP contribution in [0.15, 0.2) is 47.9 Å². The third-order valence-corrected chi connectivity index (χ3v) is 4.70. The zero-order chi connectivity index (χ0) is 21.1. The third-order valence-electron chi connectivity index (χ3n) is 4.70. The van der Waals surface area contributed by atoms with Crippen molar-refractivity contribution in [3.8, 4) is 5.75 Å². The van der Waals surface area contributed by atoms with Gasteiger partial charge in [0, 0.05) is 36.5 Å². The van der Waals surface area contributed by atoms with Crippen molar-refractivity contribution >= 4 is 28.8 Å². The molecule has 8 nitrogen and oxygen atoms in total. The van der Waals surface area contributed by atoms with E-state index in [1.54, 1.807) is 36.7 Å². The zero-order valence-electron chi connectivity index (χ0n) is 16.0. The van der Waals surface area contributed by atoms with E-state index < -0.39 is 5.92 Å². The Hall–Kier alpha value is -3.69. The zero-order valence-corrected chi connectivity index (χ0v) is 16.0. The summed E-state index contributed by atoms with van der Waals surface area (Å²) in [6.07, 6.45) is 2.94. The molecule has 0 bridgehead atoms. The molecule has 2 heterocycles. The molecular weight excluding hydrogens is 394 g/mol. The quantitative estimate of drug-likeness (QED) is 0.556. The maximum absolute atomic E-state index is 13.7. The fourth-order valence-corrected chi connectivity index (χ4v) is 3.25. The Kier molecular flexibility index (Phi) is 5.21. The highest BCUT2D eigenvalue weighted by Gasteiger charge is 2.34. The number of pyridine rings is 1. The van der Waals surface area contributed by atoms with Gasteiger partial charge in [0.15, 0.2) is 0 Å². The van der Waals surface area contributed by atoms with Gasteiger partial charge in [0.05, 0.1) is 19.0 Å². The maximum Gasteiger partial charge on any atom is 0.252 e. The average Bonchev–Trinajstić information content (AvgIpc) is 2.73. The predicted molar refractivity (Wildman–Crippen MR) is 108 cm³/mol. The summed E-state index contributed by atoms with van der Waals surface area (Å²) in [5, 5.41) is 8.98. The van der Waals surface area contributed by atoms with Crippen molar-refractivity contribution in [2.24, 2.45) is 5.18 Å². The molecular formula is C20H18F2N6O2. The first kappa shape index (κ1) is 19.6. The van der Waals surface area contributed by atoms with E-state index in [0.717, 1.165) is 0 Å². The number of rotatable bonds is 6. The molecule has 0 unspecified atom stereocenters. The van der Waals surface area contributed by atoms with Crippen molar-refractivity contribution in [1.29, 1.82) is 0 Å². The topological polar surface area (TPSA) is 101 Å². The van der Waals surface area contributed by atoms with Crippen LogP contribution in [-0.4, -0.2) is 28.0 Å². The van der Waals surface area contributed by atoms with Crippen LogP contribution in [0.25, 0.3) is 0 Å². The van der Waals surface area contributed by atoms with Gasteiger partial charge in [-0.25, -0.2) is 13.8 Å². The van der Waals surface area contributed by atoms with Gasteiger partial charge in [-0.1, -0.05) is 0 Å². The Morgan fingerprint density at radius 1 is 1.13 bits per heavy atom. The monoisotopic (exact) mass is 412 g/mol. The third kappa shape index (κ3) is 4.32. The van der Waals surface area contributed by atoms with Crippen LogP contribution in [-0.2, 0) is 12.8 Å². The van der Waals surface area contributed by atoms with Crippen molar-refractivity contribution in [3.05, 3.63) is 58.9 Å². The number of ether oxygens (including phenoxy) is 1. The number of nitroso groups, excluding NO2 is 1. The molecule has 2 aromatic heterocycles. The number of methoxy groups -OCH3 is 1. The van der Waals surface area contributed by atoms with Gasteiger partial charge in [-0.3, -0.25) is 4.98 Å². The number of aryl methyl sites for hydroxylation is 1. The molecule has 2 N–H and O–H groups in total. The fourth-order valence-electron chi connectivity index (χ4n) is 3.25. The second kappa shape index (κ2) is 7.97. The van der Waals surface area contributed by atoms with Crippen LogP contribution < -0.4 is 15.4 Å². The summed E-state index contributed by atoms with van der Waals surface area (Å²) in [4.78, 5) is 23.6. The number of hydrogen-bond donors (Lipinski definition) is 2. The number of fused-ring (bicyclic) bond motifs is 1. The van der Waals surface area contributed by atoms with Gasteiger partial charge in [0.1, 0.15) is 17.3 Å². The molecule has 0 radical (unpaired) electrons. The highest BCUT2D eigenvalue weighted by atomic mass is 19.3. The average molecular weight is 412 g/mol. The lowest BCUT2D eigenvalue weighted by Gasteiger charge is -2.23. The second-order valence-electron chi connectivity index (χ2n) is 6.86. The first-order valence-corrected chi connectivity index (χ1v) is 9.20. The molecule has 0 saturated carbocycles. The lowest BCUT2D eigenvalue weighted by molar-refractivity contribution is -0.0127. The smallest absolute Gasteiger partial charge is 0.252 e. The summed E-state index contributed by atoms with van der Waals surface area (Å²) in [5.74, 6) is -1.61. The highest BCUT2D eigenvalue weighted by molar-refractivity contribution is 5.65. The Morgan fingerprint density at radius 3 is 2.80 bits per heavy atom. The summed E-state index contributed by atoms with van der Waals surface area (Å²) < 4.78 is 32.5. The van der Waals surface area contributed by atoms with Crippen molar-refractivity contribution in [3.63, 3.8) is 0 Å². The van der Waals surface area contributed by atoms with Crippen LogP contribution >= 0.6 is 0 Å². The van der Waals surface area contributed by atoms with Crippen LogP contribution in [0.1, 0.15) is 17.7 Å². The molecule has 0 amide bonds. The minimum atomic E-state index is -2.70. The summed E-state index contributed by atoms with van der Waals surface area (Å²) in [5.41, 5.74) is 2.61. The molecule has 0 fully saturated rings. The van der Waals surface area contributed by atoms with Crippen LogP contribution in [0.3, 0.4) is 0 Å². The Bertz CT molecular complexity index is 1090. The Balaban J connectivity index is 1.51. The summed E-state index contributed by atoms with van der Waals surface area (Å²) >= 11 is 0. The first-order chi connectivity index (χ1) is 14.5. The second-order valence-corrected chi connectivity index (χ2v) is 6.86. The highest BCUT2D eigenvalue weighted by Crippen LogP contribution is 2.34. The predicted octanol–water partition coefficient (Wildman–Crippen LogP) is 4.89. The molecule has 0 aliphatic heterocycles. The number of alkyl halides is 2. The van der Waals surface area contributed by atoms with E-state index in [-0.39, 0.29) is 24.9 Å². The van der Waals surface area contributed by atoms with Crippen LogP contribution in [0.2, 0.25) is 0 Å². The minimum Gasteiger partial charge on any atom is -0.494 e. The summed E-state index contributed by atoms with van der Waals surface area (Å²) in [6.45, 7) is 0. The molecule has 10 heteroatoms.